The average molecular weight is 218 g/mol. The van der Waals surface area contributed by atoms with Crippen LogP contribution in [-0.4, -0.2) is 27.3 Å². The maximum Gasteiger partial charge on any atom is 0.302 e. The smallest absolute Gasteiger partial charge is 0.302 e. The second-order valence-electron chi connectivity index (χ2n) is 2.92. The van der Waals surface area contributed by atoms with Gasteiger partial charge in [0.25, 0.3) is 0 Å². The van der Waals surface area contributed by atoms with Gasteiger partial charge >= 0.3 is 10.2 Å². The first-order valence-corrected chi connectivity index (χ1v) is 5.26. The molecule has 3 nitrogen and oxygen atoms in total. The van der Waals surface area contributed by atoms with Crippen LogP contribution in [0.4, 0.5) is 3.89 Å². The van der Waals surface area contributed by atoms with Crippen LogP contribution in [0, 0.1) is 5.92 Å². The maximum absolute atomic E-state index is 12.1. The van der Waals surface area contributed by atoms with Gasteiger partial charge in [-0.05, 0) is 31.8 Å². The molecule has 0 aromatic carbocycles. The van der Waals surface area contributed by atoms with Crippen LogP contribution in [0.15, 0.2) is 0 Å². The molecule has 1 aliphatic heterocycles. The zero-order valence-electron chi connectivity index (χ0n) is 6.62. The van der Waals surface area contributed by atoms with Crippen LogP contribution in [0.3, 0.4) is 0 Å². The molecular weight excluding hydrogens is 205 g/mol. The normalized spacial score (nSPS) is 24.6. The fraction of sp³-hybridized carbons (Fsp3) is 1.00. The van der Waals surface area contributed by atoms with Gasteiger partial charge in [-0.1, -0.05) is 0 Å². The summed E-state index contributed by atoms with van der Waals surface area (Å²) in [6.45, 7) is 1.55. The van der Waals surface area contributed by atoms with E-state index in [1.165, 1.54) is 0 Å². The molecule has 6 heteroatoms. The lowest BCUT2D eigenvalue weighted by atomic mass is 10.0. The fourth-order valence-corrected chi connectivity index (χ4v) is 2.20. The SMILES string of the molecule is Cl.O=S(=O)(F)C[C@@H]1CCCNC1. The van der Waals surface area contributed by atoms with E-state index in [4.69, 9.17) is 0 Å². The summed E-state index contributed by atoms with van der Waals surface area (Å²) in [4.78, 5) is 0. The molecule has 1 saturated heterocycles. The highest BCUT2D eigenvalue weighted by Gasteiger charge is 2.19. The third-order valence-corrected chi connectivity index (χ3v) is 2.70. The summed E-state index contributed by atoms with van der Waals surface area (Å²) in [6, 6.07) is 0. The lowest BCUT2D eigenvalue weighted by molar-refractivity contribution is 0.399. The molecule has 74 valence electrons. The van der Waals surface area contributed by atoms with Gasteiger partial charge < -0.3 is 5.32 Å². The fourth-order valence-electron chi connectivity index (χ4n) is 1.35. The molecule has 0 aromatic heterocycles. The Hall–Kier alpha value is 0.130. The Balaban J connectivity index is 0.00000121. The molecule has 0 radical (unpaired) electrons. The van der Waals surface area contributed by atoms with E-state index >= 15 is 0 Å². The quantitative estimate of drug-likeness (QED) is 0.693. The van der Waals surface area contributed by atoms with Crippen LogP contribution in [0.2, 0.25) is 0 Å². The van der Waals surface area contributed by atoms with Crippen molar-refractivity contribution in [2.24, 2.45) is 5.92 Å². The van der Waals surface area contributed by atoms with Crippen molar-refractivity contribution in [3.8, 4) is 0 Å². The minimum absolute atomic E-state index is 0. The molecule has 1 N–H and O–H groups in total. The van der Waals surface area contributed by atoms with Gasteiger partial charge in [-0.15, -0.1) is 16.3 Å². The maximum atomic E-state index is 12.1. The first-order valence-electron chi connectivity index (χ1n) is 3.71. The highest BCUT2D eigenvalue weighted by molar-refractivity contribution is 7.86. The summed E-state index contributed by atoms with van der Waals surface area (Å²) >= 11 is 0. The topological polar surface area (TPSA) is 46.2 Å². The second kappa shape index (κ2) is 4.99. The Morgan fingerprint density at radius 2 is 2.17 bits per heavy atom. The molecule has 1 rings (SSSR count). The van der Waals surface area contributed by atoms with Gasteiger partial charge in [0.1, 0.15) is 0 Å². The summed E-state index contributed by atoms with van der Waals surface area (Å²) in [5, 5.41) is 3.03. The predicted molar refractivity (Wildman–Crippen MR) is 47.7 cm³/mol. The molecule has 0 saturated carbocycles. The van der Waals surface area contributed by atoms with E-state index < -0.39 is 10.2 Å². The first-order chi connectivity index (χ1) is 5.08. The summed E-state index contributed by atoms with van der Waals surface area (Å²) in [6.07, 6.45) is 1.76. The zero-order valence-corrected chi connectivity index (χ0v) is 8.26. The Morgan fingerprint density at radius 1 is 1.50 bits per heavy atom. The van der Waals surface area contributed by atoms with Crippen molar-refractivity contribution in [2.75, 3.05) is 18.8 Å². The number of piperidine rings is 1. The first kappa shape index (κ1) is 12.1. The standard InChI is InChI=1S/C6H12FNO2S.ClH/c7-11(9,10)5-6-2-1-3-8-4-6;/h6,8H,1-5H2;1H/t6-;/m1./s1. The van der Waals surface area contributed by atoms with E-state index in [2.05, 4.69) is 5.32 Å². The molecule has 1 atom stereocenters. The van der Waals surface area contributed by atoms with Crippen molar-refractivity contribution >= 4 is 22.6 Å². The molecule has 0 spiro atoms. The van der Waals surface area contributed by atoms with Crippen molar-refractivity contribution < 1.29 is 12.3 Å². The van der Waals surface area contributed by atoms with Crippen molar-refractivity contribution in [1.82, 2.24) is 5.32 Å². The minimum Gasteiger partial charge on any atom is -0.316 e. The summed E-state index contributed by atoms with van der Waals surface area (Å²) in [7, 11) is -4.26. The van der Waals surface area contributed by atoms with Gasteiger partial charge in [-0.25, -0.2) is 0 Å². The van der Waals surface area contributed by atoms with Crippen molar-refractivity contribution in [3.05, 3.63) is 0 Å². The lowest BCUT2D eigenvalue weighted by Crippen LogP contribution is -2.33. The number of hydrogen-bond donors (Lipinski definition) is 1. The van der Waals surface area contributed by atoms with Gasteiger partial charge in [0.2, 0.25) is 0 Å². The lowest BCUT2D eigenvalue weighted by Gasteiger charge is -2.20. The Bertz CT molecular complexity index is 214. The third kappa shape index (κ3) is 4.90. The molecule has 1 heterocycles. The molecule has 0 amide bonds. The monoisotopic (exact) mass is 217 g/mol. The summed E-state index contributed by atoms with van der Waals surface area (Å²) in [5.74, 6) is -0.348. The van der Waals surface area contributed by atoms with Crippen LogP contribution in [0.25, 0.3) is 0 Å². The van der Waals surface area contributed by atoms with Crippen molar-refractivity contribution in [1.29, 1.82) is 0 Å². The molecule has 1 aliphatic rings. The van der Waals surface area contributed by atoms with Crippen LogP contribution in [0.1, 0.15) is 12.8 Å². The van der Waals surface area contributed by atoms with Crippen LogP contribution in [-0.2, 0) is 10.2 Å². The summed E-state index contributed by atoms with van der Waals surface area (Å²) in [5.41, 5.74) is 0. The van der Waals surface area contributed by atoms with Crippen molar-refractivity contribution in [3.63, 3.8) is 0 Å². The molecule has 0 bridgehead atoms. The van der Waals surface area contributed by atoms with Crippen LogP contribution < -0.4 is 5.32 Å². The van der Waals surface area contributed by atoms with E-state index in [0.717, 1.165) is 19.4 Å². The number of hydrogen-bond acceptors (Lipinski definition) is 3. The largest absolute Gasteiger partial charge is 0.316 e. The van der Waals surface area contributed by atoms with Crippen LogP contribution in [0.5, 0.6) is 0 Å². The molecule has 0 aliphatic carbocycles. The molecular formula is C6H13ClFNO2S. The van der Waals surface area contributed by atoms with Gasteiger partial charge in [-0.3, -0.25) is 0 Å². The van der Waals surface area contributed by atoms with Gasteiger partial charge in [0, 0.05) is 0 Å². The number of halogens is 2. The third-order valence-electron chi connectivity index (χ3n) is 1.83. The Labute approximate surface area is 78.3 Å². The average Bonchev–Trinajstić information content (AvgIpc) is 1.85. The molecule has 0 aromatic rings. The minimum atomic E-state index is -4.26. The Morgan fingerprint density at radius 3 is 2.58 bits per heavy atom. The predicted octanol–water partition coefficient (Wildman–Crippen LogP) is 0.707. The summed E-state index contributed by atoms with van der Waals surface area (Å²) < 4.78 is 32.5. The molecule has 12 heavy (non-hydrogen) atoms. The molecule has 1 fully saturated rings. The zero-order chi connectivity index (χ0) is 8.32. The molecule has 0 unspecified atom stereocenters. The second-order valence-corrected chi connectivity index (χ2v) is 4.33. The van der Waals surface area contributed by atoms with E-state index in [1.54, 1.807) is 0 Å². The van der Waals surface area contributed by atoms with E-state index in [-0.39, 0.29) is 24.1 Å². The van der Waals surface area contributed by atoms with Gasteiger partial charge in [0.15, 0.2) is 0 Å². The van der Waals surface area contributed by atoms with Gasteiger partial charge in [-0.2, -0.15) is 8.42 Å². The highest BCUT2D eigenvalue weighted by atomic mass is 35.5. The Kier molecular flexibility index (Phi) is 5.04. The van der Waals surface area contributed by atoms with Gasteiger partial charge in [0.05, 0.1) is 5.75 Å². The number of nitrogens with one attached hydrogen (secondary N) is 1. The van der Waals surface area contributed by atoms with E-state index in [0.29, 0.717) is 6.54 Å². The number of rotatable bonds is 2. The van der Waals surface area contributed by atoms with Crippen LogP contribution >= 0.6 is 12.4 Å². The van der Waals surface area contributed by atoms with Crippen molar-refractivity contribution in [2.45, 2.75) is 12.8 Å². The highest BCUT2D eigenvalue weighted by Crippen LogP contribution is 2.12. The van der Waals surface area contributed by atoms with E-state index in [1.807, 2.05) is 0 Å². The van der Waals surface area contributed by atoms with E-state index in [9.17, 15) is 12.3 Å².